The van der Waals surface area contributed by atoms with E-state index in [0.29, 0.717) is 29.4 Å². The zero-order chi connectivity index (χ0) is 94.1. The zero-order valence-corrected chi connectivity index (χ0v) is 81.0. The molecule has 10 aromatic heterocycles. The number of piperidine rings is 1. The molecule has 4 amide bonds. The monoisotopic (exact) mass is 1790 g/mol. The molecule has 127 heavy (non-hydrogen) atoms. The zero-order valence-electron chi connectivity index (χ0n) is 79.2. The molecule has 0 radical (unpaired) electrons. The molecule has 3 aliphatic rings. The van der Waals surface area contributed by atoms with Crippen molar-refractivity contribution in [2.24, 2.45) is 5.92 Å². The van der Waals surface area contributed by atoms with Crippen LogP contribution >= 0.6 is 18.5 Å². The number of hydrogen-bond acceptors (Lipinski definition) is 29. The van der Waals surface area contributed by atoms with Crippen LogP contribution in [-0.2, 0) is 71.4 Å². The number of pyridine rings is 1. The fourth-order valence-corrected chi connectivity index (χ4v) is 13.9. The number of thiazole rings is 1. The van der Waals surface area contributed by atoms with E-state index in [4.69, 9.17) is 0 Å². The summed E-state index contributed by atoms with van der Waals surface area (Å²) >= 11 is 1.58. The Labute approximate surface area is 749 Å². The molecule has 13 heterocycles. The van der Waals surface area contributed by atoms with E-state index >= 15 is 0 Å². The van der Waals surface area contributed by atoms with Crippen LogP contribution in [0.2, 0.25) is 0 Å². The average molecular weight is 1800 g/mol. The molecular formula is C84H136N35O6PS. The Morgan fingerprint density at radius 2 is 0.929 bits per heavy atom. The summed E-state index contributed by atoms with van der Waals surface area (Å²) in [6.45, 7) is 63.1. The smallest absolute Gasteiger partial charge is 0.343 e. The van der Waals surface area contributed by atoms with E-state index in [0.717, 1.165) is 112 Å². The van der Waals surface area contributed by atoms with Crippen molar-refractivity contribution in [3.05, 3.63) is 145 Å². The van der Waals surface area contributed by atoms with Crippen molar-refractivity contribution in [1.29, 1.82) is 0 Å². The molecular weight excluding hydrogens is 1660 g/mol. The third-order valence-corrected chi connectivity index (χ3v) is 21.8. The SMILES string of the molecule is CC(C)(C)n1cn[nH]c1=O.CC(C)(C)n1cnnc1-c1nccs1.CC(C)(C)n1cnnc1C(=O)N1CCNCC1.CC(C)(C)n1cnnc1C(=O)Nc1ccccn1.CC(C)(C)n1cnnc1CN1CCNCC1.CC(C)(C)n1cnnc1NC(=O)C1CCNCC1.CC(C)(C)n1cnnc1Nc1ccc(P(C)(C)=O)cc1.CNC(=O)Cc1nncn1C(C)(C)C. The minimum atomic E-state index is -2.21. The molecule has 43 heteroatoms. The normalized spacial score (nSPS) is 14.3. The van der Waals surface area contributed by atoms with Gasteiger partial charge in [0.1, 0.15) is 75.2 Å². The van der Waals surface area contributed by atoms with Crippen LogP contribution in [0.15, 0.2) is 116 Å². The highest BCUT2D eigenvalue weighted by Gasteiger charge is 2.31. The van der Waals surface area contributed by atoms with Crippen LogP contribution < -0.4 is 48.2 Å². The summed E-state index contributed by atoms with van der Waals surface area (Å²) in [5.74, 6) is 4.75. The number of H-pyrrole nitrogens is 1. The van der Waals surface area contributed by atoms with Gasteiger partial charge in [-0.25, -0.2) is 19.9 Å². The molecule has 0 atom stereocenters. The maximum atomic E-state index is 12.3. The lowest BCUT2D eigenvalue weighted by Crippen LogP contribution is -2.47. The first-order valence-electron chi connectivity index (χ1n) is 42.4. The van der Waals surface area contributed by atoms with Crippen LogP contribution in [0.3, 0.4) is 0 Å². The van der Waals surface area contributed by atoms with Crippen molar-refractivity contribution in [2.45, 2.75) is 236 Å². The van der Waals surface area contributed by atoms with Gasteiger partial charge < -0.3 is 64.2 Å². The molecule has 3 fully saturated rings. The van der Waals surface area contributed by atoms with E-state index in [-0.39, 0.29) is 91.8 Å². The van der Waals surface area contributed by atoms with Crippen molar-refractivity contribution >= 4 is 70.8 Å². The largest absolute Gasteiger partial charge is 0.359 e. The molecule has 0 unspecified atom stereocenters. The fraction of sp³-hybridized carbons (Fsp3) is 0.595. The lowest BCUT2D eigenvalue weighted by molar-refractivity contribution is -0.121. The number of carbonyl (C=O) groups excluding carboxylic acids is 4. The Morgan fingerprint density at radius 3 is 1.42 bits per heavy atom. The molecule has 0 saturated carbocycles. The minimum Gasteiger partial charge on any atom is -0.359 e. The first kappa shape index (κ1) is 103. The molecule has 694 valence electrons. The van der Waals surface area contributed by atoms with E-state index in [1.807, 2.05) is 147 Å². The third kappa shape index (κ3) is 31.9. The summed E-state index contributed by atoms with van der Waals surface area (Å²) < 4.78 is 27.0. The molecule has 0 spiro atoms. The standard InChI is InChI=1S/C14H21N4OP.C12H21N5O.C12H15N5O.C11H19N5O.C11H21N5.C9H16N4O.C9H12N4S.C6H11N3O/c1-14(2,3)18-10-15-17-13(18)16-11-6-8-12(9-7-11)20(4,5)19;1-12(2,3)17-8-14-16-11(17)15-10(18)9-4-6-13-7-5-9;1-12(2,3)17-8-14-16-10(17)11(18)15-9-6-4-5-7-13-9;1-11(2,3)16-8-13-14-9(16)10(17)15-6-4-12-5-7-15;1-11(2,3)16-9-13-14-10(16)8-15-6-4-12-5-7-15;1-9(2,3)13-6-11-12-7(13)5-8(14)10-4;1-9(2,3)13-6-11-12-7(13)8-10-4-5-14-8;1-6(2,3)9-4-7-8-5(9)10/h6-10H,1-5H3,(H,16,17);8-9,13H,4-7H2,1-3H3,(H,15,16,18);4-8H,1-3H3,(H,13,15,18);8,12H,4-7H2,1-3H3;9,12H,4-8H2,1-3H3;6H,5H2,1-4H3,(H,10,14);4-6H,1-3H3;4H,1-3H3,(H,8,10). The second-order valence-electron chi connectivity index (χ2n) is 38.7. The quantitative estimate of drug-likeness (QED) is 0.0499. The number of amides is 4. The van der Waals surface area contributed by atoms with Gasteiger partial charge in [-0.2, -0.15) is 5.10 Å². The molecule has 0 bridgehead atoms. The lowest BCUT2D eigenvalue weighted by atomic mass is 9.97. The van der Waals surface area contributed by atoms with E-state index < -0.39 is 7.14 Å². The number of carbonyl (C=O) groups is 4. The van der Waals surface area contributed by atoms with Crippen LogP contribution in [0.1, 0.15) is 212 Å². The fourth-order valence-electron chi connectivity index (χ4n) is 12.4. The Hall–Kier alpha value is -11.3. The summed E-state index contributed by atoms with van der Waals surface area (Å²) in [4.78, 5) is 71.1. The number of nitrogens with one attached hydrogen (secondary N) is 8. The Kier molecular flexibility index (Phi) is 36.3. The maximum absolute atomic E-state index is 12.3. The molecule has 3 aliphatic heterocycles. The highest BCUT2D eigenvalue weighted by molar-refractivity contribution is 7.70. The third-order valence-electron chi connectivity index (χ3n) is 19.5. The van der Waals surface area contributed by atoms with Gasteiger partial charge in [-0.1, -0.05) is 6.07 Å². The molecule has 41 nitrogen and oxygen atoms in total. The van der Waals surface area contributed by atoms with Crippen molar-refractivity contribution in [3.63, 3.8) is 0 Å². The number of piperazine rings is 2. The molecule has 1 aromatic carbocycles. The second-order valence-corrected chi connectivity index (χ2v) is 42.8. The van der Waals surface area contributed by atoms with Gasteiger partial charge in [0.2, 0.25) is 35.4 Å². The topological polar surface area (TPSA) is 467 Å². The Bertz CT molecular complexity index is 5260. The van der Waals surface area contributed by atoms with E-state index in [1.54, 1.807) is 109 Å². The van der Waals surface area contributed by atoms with E-state index in [1.165, 1.54) is 6.33 Å². The number of benzene rings is 1. The summed E-state index contributed by atoms with van der Waals surface area (Å²) in [6, 6.07) is 12.9. The number of hydrogen-bond donors (Lipinski definition) is 8. The van der Waals surface area contributed by atoms with Crippen LogP contribution in [0.4, 0.5) is 23.4 Å². The minimum absolute atomic E-state index is 0.00942. The van der Waals surface area contributed by atoms with E-state index in [2.05, 4.69) is 221 Å². The summed E-state index contributed by atoms with van der Waals surface area (Å²) in [7, 11) is -0.594. The Morgan fingerprint density at radius 1 is 0.472 bits per heavy atom. The Balaban J connectivity index is 0.000000200. The average Bonchev–Trinajstić information content (AvgIpc) is 1.60. The first-order chi connectivity index (χ1) is 59.3. The maximum Gasteiger partial charge on any atom is 0.343 e. The first-order valence-corrected chi connectivity index (χ1v) is 45.9. The number of rotatable bonds is 13. The van der Waals surface area contributed by atoms with Crippen molar-refractivity contribution in [3.8, 4) is 10.8 Å². The number of anilines is 4. The number of aromatic nitrogens is 26. The van der Waals surface area contributed by atoms with Gasteiger partial charge in [-0.15, -0.1) is 82.7 Å². The summed E-state index contributed by atoms with van der Waals surface area (Å²) in [5.41, 5.74) is -0.126. The second kappa shape index (κ2) is 44.9. The van der Waals surface area contributed by atoms with Crippen LogP contribution in [0.5, 0.6) is 0 Å². The molecule has 3 saturated heterocycles. The van der Waals surface area contributed by atoms with Crippen LogP contribution in [0.25, 0.3) is 10.8 Å². The van der Waals surface area contributed by atoms with Crippen molar-refractivity contribution in [2.75, 3.05) is 102 Å². The van der Waals surface area contributed by atoms with Gasteiger partial charge >= 0.3 is 5.69 Å². The number of nitrogens with zero attached hydrogens (tertiary/aromatic N) is 27. The number of aromatic amines is 1. The van der Waals surface area contributed by atoms with Crippen LogP contribution in [-0.4, -0.2) is 247 Å². The van der Waals surface area contributed by atoms with Crippen molar-refractivity contribution < 1.29 is 23.7 Å². The van der Waals surface area contributed by atoms with Gasteiger partial charge in [-0.3, -0.25) is 43.1 Å². The van der Waals surface area contributed by atoms with Crippen LogP contribution in [0, 0.1) is 5.92 Å². The van der Waals surface area contributed by atoms with Gasteiger partial charge in [0.15, 0.2) is 10.8 Å². The lowest BCUT2D eigenvalue weighted by Gasteiger charge is -2.29. The number of likely N-dealkylation sites (N-methyl/N-ethyl adjacent to an activating group) is 1. The van der Waals surface area contributed by atoms with Crippen molar-refractivity contribution in [1.82, 2.24) is 159 Å². The molecule has 14 rings (SSSR count). The predicted molar refractivity (Wildman–Crippen MR) is 494 cm³/mol. The van der Waals surface area contributed by atoms with Gasteiger partial charge in [0.05, 0.1) is 13.0 Å². The predicted octanol–water partition coefficient (Wildman–Crippen LogP) is 9.00. The highest BCUT2D eigenvalue weighted by atomic mass is 32.1. The summed E-state index contributed by atoms with van der Waals surface area (Å²) in [5, 5.41) is 86.2. The molecule has 0 aliphatic carbocycles. The summed E-state index contributed by atoms with van der Waals surface area (Å²) in [6.07, 6.45) is 18.7. The molecule has 8 N–H and O–H groups in total. The highest BCUT2D eigenvalue weighted by Crippen LogP contribution is 2.35. The van der Waals surface area contributed by atoms with Gasteiger partial charge in [0.25, 0.3) is 11.8 Å². The van der Waals surface area contributed by atoms with Gasteiger partial charge in [-0.05, 0) is 242 Å². The van der Waals surface area contributed by atoms with Gasteiger partial charge in [0, 0.05) is 138 Å². The molecule has 11 aromatic rings. The van der Waals surface area contributed by atoms with E-state index in [9.17, 15) is 28.5 Å².